The number of ether oxygens (including phenoxy) is 2. The summed E-state index contributed by atoms with van der Waals surface area (Å²) in [4.78, 5) is 9.93. The number of rotatable bonds is 8. The second-order valence-electron chi connectivity index (χ2n) is 4.65. The molecule has 0 atom stereocenters. The van der Waals surface area contributed by atoms with E-state index in [0.29, 0.717) is 11.5 Å². The average molecular weight is 352 g/mol. The first-order chi connectivity index (χ1) is 11.4. The van der Waals surface area contributed by atoms with Crippen LogP contribution in [0.1, 0.15) is 0 Å². The monoisotopic (exact) mass is 352 g/mol. The number of benzene rings is 2. The van der Waals surface area contributed by atoms with E-state index in [-0.39, 0.29) is 23.7 Å². The van der Waals surface area contributed by atoms with Gasteiger partial charge < -0.3 is 9.47 Å². The number of hydrogen-bond donors (Lipinski definition) is 1. The van der Waals surface area contributed by atoms with Crippen molar-refractivity contribution in [3.05, 3.63) is 58.6 Å². The van der Waals surface area contributed by atoms with E-state index in [4.69, 9.17) is 9.47 Å². The Bertz CT molecular complexity index is 805. The van der Waals surface area contributed by atoms with E-state index >= 15 is 0 Å². The van der Waals surface area contributed by atoms with Gasteiger partial charge >= 0.3 is 0 Å². The quantitative estimate of drug-likeness (QED) is 0.442. The summed E-state index contributed by atoms with van der Waals surface area (Å²) in [5.74, 6) is 1.06. The Kier molecular flexibility index (Phi) is 5.72. The lowest BCUT2D eigenvalue weighted by molar-refractivity contribution is -0.384. The highest BCUT2D eigenvalue weighted by Gasteiger charge is 2.15. The van der Waals surface area contributed by atoms with Crippen molar-refractivity contribution in [2.45, 2.75) is 4.90 Å². The molecule has 0 aliphatic heterocycles. The lowest BCUT2D eigenvalue weighted by Gasteiger charge is -2.11. The average Bonchev–Trinajstić information content (AvgIpc) is 2.59. The number of nitro groups is 1. The zero-order valence-corrected chi connectivity index (χ0v) is 13.7. The number of para-hydroxylation sites is 2. The van der Waals surface area contributed by atoms with Gasteiger partial charge in [0.05, 0.1) is 16.9 Å². The van der Waals surface area contributed by atoms with E-state index in [1.807, 2.05) is 0 Å². The van der Waals surface area contributed by atoms with Crippen molar-refractivity contribution in [1.29, 1.82) is 0 Å². The van der Waals surface area contributed by atoms with Gasteiger partial charge in [0, 0.05) is 18.7 Å². The molecule has 24 heavy (non-hydrogen) atoms. The van der Waals surface area contributed by atoms with Gasteiger partial charge in [-0.05, 0) is 24.3 Å². The Morgan fingerprint density at radius 1 is 1.08 bits per heavy atom. The predicted molar refractivity (Wildman–Crippen MR) is 86.8 cm³/mol. The zero-order chi connectivity index (χ0) is 17.6. The molecule has 0 bridgehead atoms. The van der Waals surface area contributed by atoms with Gasteiger partial charge in [-0.15, -0.1) is 0 Å². The second kappa shape index (κ2) is 7.75. The Morgan fingerprint density at radius 2 is 1.71 bits per heavy atom. The molecule has 2 rings (SSSR count). The molecule has 128 valence electrons. The molecule has 0 fully saturated rings. The van der Waals surface area contributed by atoms with E-state index in [2.05, 4.69) is 4.72 Å². The van der Waals surface area contributed by atoms with Gasteiger partial charge in [0.2, 0.25) is 10.0 Å². The largest absolute Gasteiger partial charge is 0.493 e. The van der Waals surface area contributed by atoms with Gasteiger partial charge in [-0.2, -0.15) is 0 Å². The van der Waals surface area contributed by atoms with Crippen molar-refractivity contribution in [1.82, 2.24) is 4.72 Å². The van der Waals surface area contributed by atoms with Crippen molar-refractivity contribution in [2.75, 3.05) is 20.3 Å². The predicted octanol–water partition coefficient (Wildman–Crippen LogP) is 1.96. The number of non-ortho nitro benzene ring substituents is 1. The number of sulfonamides is 1. The number of hydrogen-bond acceptors (Lipinski definition) is 6. The summed E-state index contributed by atoms with van der Waals surface area (Å²) >= 11 is 0. The number of methoxy groups -OCH3 is 1. The highest BCUT2D eigenvalue weighted by atomic mass is 32.2. The maximum atomic E-state index is 12.1. The molecule has 8 nitrogen and oxygen atoms in total. The Morgan fingerprint density at radius 3 is 2.29 bits per heavy atom. The van der Waals surface area contributed by atoms with Crippen LogP contribution >= 0.6 is 0 Å². The molecule has 0 spiro atoms. The summed E-state index contributed by atoms with van der Waals surface area (Å²) in [6.45, 7) is 0.143. The molecular weight excluding hydrogens is 336 g/mol. The normalized spacial score (nSPS) is 11.0. The van der Waals surface area contributed by atoms with Crippen molar-refractivity contribution >= 4 is 15.7 Å². The second-order valence-corrected chi connectivity index (χ2v) is 6.42. The minimum Gasteiger partial charge on any atom is -0.493 e. The SMILES string of the molecule is COc1ccccc1OCCNS(=O)(=O)c1ccc([N+](=O)[O-])cc1. The van der Waals surface area contributed by atoms with Gasteiger partial charge in [-0.1, -0.05) is 12.1 Å². The van der Waals surface area contributed by atoms with Gasteiger partial charge in [-0.3, -0.25) is 10.1 Å². The Hall–Kier alpha value is -2.65. The molecule has 0 aliphatic rings. The lowest BCUT2D eigenvalue weighted by atomic mass is 10.3. The summed E-state index contributed by atoms with van der Waals surface area (Å²) in [6, 6.07) is 11.7. The molecule has 2 aromatic carbocycles. The minimum atomic E-state index is -3.76. The molecular formula is C15H16N2O6S. The standard InChI is InChI=1S/C15H16N2O6S/c1-22-14-4-2-3-5-15(14)23-11-10-16-24(20,21)13-8-6-12(7-9-13)17(18)19/h2-9,16H,10-11H2,1H3. The van der Waals surface area contributed by atoms with Crippen LogP contribution in [-0.2, 0) is 10.0 Å². The Labute approximate surface area is 139 Å². The molecule has 9 heteroatoms. The summed E-state index contributed by atoms with van der Waals surface area (Å²) in [5, 5.41) is 10.6. The van der Waals surface area contributed by atoms with E-state index in [1.54, 1.807) is 24.3 Å². The van der Waals surface area contributed by atoms with Crippen LogP contribution in [-0.4, -0.2) is 33.6 Å². The first kappa shape index (κ1) is 17.7. The molecule has 0 unspecified atom stereocenters. The first-order valence-corrected chi connectivity index (χ1v) is 8.42. The fourth-order valence-corrected chi connectivity index (χ4v) is 2.92. The summed E-state index contributed by atoms with van der Waals surface area (Å²) in [7, 11) is -2.24. The van der Waals surface area contributed by atoms with E-state index in [9.17, 15) is 18.5 Å². The molecule has 0 saturated heterocycles. The molecule has 0 aliphatic carbocycles. The third kappa shape index (κ3) is 4.43. The maximum absolute atomic E-state index is 12.1. The fourth-order valence-electron chi connectivity index (χ4n) is 1.91. The summed E-state index contributed by atoms with van der Waals surface area (Å²) in [5.41, 5.74) is -0.173. The van der Waals surface area contributed by atoms with Crippen molar-refractivity contribution in [2.24, 2.45) is 0 Å². The van der Waals surface area contributed by atoms with Crippen LogP contribution in [0.4, 0.5) is 5.69 Å². The van der Waals surface area contributed by atoms with Crippen LogP contribution in [0.2, 0.25) is 0 Å². The van der Waals surface area contributed by atoms with Gasteiger partial charge in [0.15, 0.2) is 11.5 Å². The fraction of sp³-hybridized carbons (Fsp3) is 0.200. The molecule has 2 aromatic rings. The number of nitrogens with zero attached hydrogens (tertiary/aromatic N) is 1. The molecule has 1 N–H and O–H groups in total. The number of nitrogens with one attached hydrogen (secondary N) is 1. The molecule has 0 radical (unpaired) electrons. The van der Waals surface area contributed by atoms with Crippen molar-refractivity contribution in [3.8, 4) is 11.5 Å². The van der Waals surface area contributed by atoms with Crippen molar-refractivity contribution in [3.63, 3.8) is 0 Å². The van der Waals surface area contributed by atoms with Crippen molar-refractivity contribution < 1.29 is 22.8 Å². The zero-order valence-electron chi connectivity index (χ0n) is 12.8. The third-order valence-electron chi connectivity index (χ3n) is 3.08. The highest BCUT2D eigenvalue weighted by Crippen LogP contribution is 2.25. The smallest absolute Gasteiger partial charge is 0.269 e. The summed E-state index contributed by atoms with van der Waals surface area (Å²) < 4.78 is 37.1. The van der Waals surface area contributed by atoms with E-state index < -0.39 is 14.9 Å². The van der Waals surface area contributed by atoms with Crippen LogP contribution in [0.5, 0.6) is 11.5 Å². The van der Waals surface area contributed by atoms with Gasteiger partial charge in [0.1, 0.15) is 6.61 Å². The number of nitro benzene ring substituents is 1. The van der Waals surface area contributed by atoms with Crippen LogP contribution in [0, 0.1) is 10.1 Å². The van der Waals surface area contributed by atoms with Crippen LogP contribution in [0.15, 0.2) is 53.4 Å². The van der Waals surface area contributed by atoms with Crippen LogP contribution in [0.3, 0.4) is 0 Å². The topological polar surface area (TPSA) is 108 Å². The summed E-state index contributed by atoms with van der Waals surface area (Å²) in [6.07, 6.45) is 0. The molecule has 0 aromatic heterocycles. The molecule has 0 heterocycles. The van der Waals surface area contributed by atoms with E-state index in [1.165, 1.54) is 19.2 Å². The third-order valence-corrected chi connectivity index (χ3v) is 4.56. The Balaban J connectivity index is 1.92. The van der Waals surface area contributed by atoms with Crippen LogP contribution in [0.25, 0.3) is 0 Å². The molecule has 0 saturated carbocycles. The molecule has 0 amide bonds. The maximum Gasteiger partial charge on any atom is 0.269 e. The minimum absolute atomic E-state index is 0.0391. The van der Waals surface area contributed by atoms with Crippen LogP contribution < -0.4 is 14.2 Å². The first-order valence-electron chi connectivity index (χ1n) is 6.94. The van der Waals surface area contributed by atoms with E-state index in [0.717, 1.165) is 12.1 Å². The highest BCUT2D eigenvalue weighted by molar-refractivity contribution is 7.89. The lowest BCUT2D eigenvalue weighted by Crippen LogP contribution is -2.28. The van der Waals surface area contributed by atoms with Gasteiger partial charge in [-0.25, -0.2) is 13.1 Å². The van der Waals surface area contributed by atoms with Gasteiger partial charge in [0.25, 0.3) is 5.69 Å².